The van der Waals surface area contributed by atoms with Crippen LogP contribution in [-0.2, 0) is 16.2 Å². The summed E-state index contributed by atoms with van der Waals surface area (Å²) in [6.45, 7) is 14.4. The number of fused-ring (bicyclic) bond motifs is 16. The van der Waals surface area contributed by atoms with Gasteiger partial charge in [-0.3, -0.25) is 0 Å². The molecule has 11 aromatic rings. The molecular formula is C69H54N2. The maximum atomic E-state index is 2.53. The molecule has 0 spiro atoms. The summed E-state index contributed by atoms with van der Waals surface area (Å²) in [5.41, 5.74) is 22.6. The molecule has 11 aromatic carbocycles. The van der Waals surface area contributed by atoms with Crippen LogP contribution in [-0.4, -0.2) is 0 Å². The summed E-state index contributed by atoms with van der Waals surface area (Å²) < 4.78 is 0. The van der Waals surface area contributed by atoms with Crippen LogP contribution in [0.25, 0.3) is 65.7 Å². The van der Waals surface area contributed by atoms with Gasteiger partial charge in [-0.05, 0) is 160 Å². The number of benzene rings is 11. The summed E-state index contributed by atoms with van der Waals surface area (Å²) in [5, 5.41) is 7.65. The van der Waals surface area contributed by atoms with Gasteiger partial charge in [0.05, 0.1) is 5.69 Å². The van der Waals surface area contributed by atoms with Gasteiger partial charge in [-0.2, -0.15) is 0 Å². The second-order valence-corrected chi connectivity index (χ2v) is 21.7. The summed E-state index contributed by atoms with van der Waals surface area (Å²) in [5.74, 6) is 0. The lowest BCUT2D eigenvalue weighted by molar-refractivity contribution is 0.660. The highest BCUT2D eigenvalue weighted by Crippen LogP contribution is 2.60. The number of rotatable bonds is 6. The third-order valence-corrected chi connectivity index (χ3v) is 16.7. The van der Waals surface area contributed by atoms with Crippen molar-refractivity contribution >= 4 is 66.4 Å². The normalized spacial score (nSPS) is 15.0. The SMILES string of the molecule is CC1(C)c2ccccc2-c2ccc(N(c3ccccc3)c3ccc4c5c(c6ccccc6c4c3)-c3cc(N(c4ccccc4)c4ccc6c(c4)C(C)(C)c4ccccc4-6)c4ccccc4c3C5(C)C)cc21. The van der Waals surface area contributed by atoms with E-state index in [-0.39, 0.29) is 16.2 Å². The lowest BCUT2D eigenvalue weighted by Crippen LogP contribution is -2.18. The van der Waals surface area contributed by atoms with Crippen molar-refractivity contribution in [2.45, 2.75) is 57.8 Å². The fraction of sp³-hybridized carbons (Fsp3) is 0.130. The van der Waals surface area contributed by atoms with Crippen molar-refractivity contribution < 1.29 is 0 Å². The Kier molecular flexibility index (Phi) is 8.76. The lowest BCUT2D eigenvalue weighted by atomic mass is 9.77. The van der Waals surface area contributed by atoms with E-state index in [0.717, 1.165) is 28.4 Å². The first-order valence-corrected chi connectivity index (χ1v) is 25.3. The minimum atomic E-state index is -0.312. The highest BCUT2D eigenvalue weighted by atomic mass is 15.1. The van der Waals surface area contributed by atoms with Crippen LogP contribution in [0.3, 0.4) is 0 Å². The molecule has 0 aromatic heterocycles. The fourth-order valence-electron chi connectivity index (χ4n) is 13.5. The zero-order valence-corrected chi connectivity index (χ0v) is 41.2. The summed E-state index contributed by atoms with van der Waals surface area (Å²) in [6, 6.07) is 82.1. The van der Waals surface area contributed by atoms with Crippen LogP contribution in [0, 0.1) is 0 Å². The largest absolute Gasteiger partial charge is 0.310 e. The zero-order chi connectivity index (χ0) is 48.0. The summed E-state index contributed by atoms with van der Waals surface area (Å²) in [7, 11) is 0. The van der Waals surface area contributed by atoms with E-state index in [1.807, 2.05) is 0 Å². The van der Waals surface area contributed by atoms with Crippen molar-refractivity contribution in [1.82, 2.24) is 0 Å². The average molecular weight is 911 g/mol. The zero-order valence-electron chi connectivity index (χ0n) is 41.2. The molecule has 0 saturated heterocycles. The molecule has 0 radical (unpaired) electrons. The Balaban J connectivity index is 0.987. The Morgan fingerprint density at radius 1 is 0.254 bits per heavy atom. The van der Waals surface area contributed by atoms with Gasteiger partial charge in [0.1, 0.15) is 0 Å². The maximum absolute atomic E-state index is 2.53. The van der Waals surface area contributed by atoms with Crippen molar-refractivity contribution in [1.29, 1.82) is 0 Å². The molecule has 3 aliphatic rings. The molecule has 0 fully saturated rings. The van der Waals surface area contributed by atoms with Gasteiger partial charge >= 0.3 is 0 Å². The highest BCUT2D eigenvalue weighted by molar-refractivity contribution is 6.21. The topological polar surface area (TPSA) is 6.48 Å². The molecule has 0 saturated carbocycles. The average Bonchev–Trinajstić information content (AvgIpc) is 3.89. The number of para-hydroxylation sites is 2. The van der Waals surface area contributed by atoms with E-state index in [2.05, 4.69) is 270 Å². The molecule has 0 atom stereocenters. The van der Waals surface area contributed by atoms with Crippen LogP contribution in [0.2, 0.25) is 0 Å². The van der Waals surface area contributed by atoms with E-state index in [1.54, 1.807) is 0 Å². The maximum Gasteiger partial charge on any atom is 0.0546 e. The Labute approximate surface area is 417 Å². The van der Waals surface area contributed by atoms with Crippen LogP contribution in [0.5, 0.6) is 0 Å². The quantitative estimate of drug-likeness (QED) is 0.153. The lowest BCUT2D eigenvalue weighted by Gasteiger charge is -2.31. The van der Waals surface area contributed by atoms with Gasteiger partial charge in [0, 0.05) is 50.1 Å². The van der Waals surface area contributed by atoms with E-state index in [0.29, 0.717) is 0 Å². The summed E-state index contributed by atoms with van der Waals surface area (Å²) >= 11 is 0. The summed E-state index contributed by atoms with van der Waals surface area (Å²) in [6.07, 6.45) is 0. The van der Waals surface area contributed by atoms with Crippen LogP contribution in [0.4, 0.5) is 34.1 Å². The highest BCUT2D eigenvalue weighted by Gasteiger charge is 2.42. The predicted molar refractivity (Wildman–Crippen MR) is 301 cm³/mol. The first kappa shape index (κ1) is 41.7. The molecule has 0 bridgehead atoms. The second kappa shape index (κ2) is 14.9. The molecular weight excluding hydrogens is 857 g/mol. The fourth-order valence-corrected chi connectivity index (χ4v) is 13.5. The molecule has 0 aliphatic heterocycles. The smallest absolute Gasteiger partial charge is 0.0546 e. The first-order chi connectivity index (χ1) is 34.5. The third-order valence-electron chi connectivity index (χ3n) is 16.7. The Morgan fingerprint density at radius 2 is 0.690 bits per heavy atom. The number of hydrogen-bond donors (Lipinski definition) is 0. The molecule has 0 heterocycles. The van der Waals surface area contributed by atoms with Crippen molar-refractivity contribution in [3.05, 3.63) is 252 Å². The van der Waals surface area contributed by atoms with Crippen LogP contribution in [0.15, 0.2) is 218 Å². The first-order valence-electron chi connectivity index (χ1n) is 25.3. The minimum absolute atomic E-state index is 0.113. The van der Waals surface area contributed by atoms with E-state index in [4.69, 9.17) is 0 Å². The van der Waals surface area contributed by atoms with Crippen LogP contribution >= 0.6 is 0 Å². The number of hydrogen-bond acceptors (Lipinski definition) is 2. The van der Waals surface area contributed by atoms with Gasteiger partial charge in [0.25, 0.3) is 0 Å². The van der Waals surface area contributed by atoms with Gasteiger partial charge in [-0.1, -0.05) is 193 Å². The van der Waals surface area contributed by atoms with Crippen molar-refractivity contribution in [3.8, 4) is 33.4 Å². The molecule has 0 amide bonds. The van der Waals surface area contributed by atoms with Crippen molar-refractivity contribution in [2.24, 2.45) is 0 Å². The molecule has 2 nitrogen and oxygen atoms in total. The van der Waals surface area contributed by atoms with Gasteiger partial charge in [-0.25, -0.2) is 0 Å². The number of nitrogens with zero attached hydrogens (tertiary/aromatic N) is 2. The minimum Gasteiger partial charge on any atom is -0.310 e. The Morgan fingerprint density at radius 3 is 1.30 bits per heavy atom. The standard InChI is InChI=1S/C69H54N2/c1-67(2)59-31-19-17-26-49(59)51-36-33-46(40-61(51)67)70(43-21-9-7-10-22-43)45-35-38-56-57(39-45)48-25-13-15-29-54(48)64-58-42-63(53-28-14-16-30-55(53)65(58)69(5,6)66(56)64)71(44-23-11-8-12-24-44)47-34-37-52-50-27-18-20-32-60(50)68(3,4)62(52)41-47/h7-42H,1-6H3. The van der Waals surface area contributed by atoms with Crippen LogP contribution < -0.4 is 9.80 Å². The van der Waals surface area contributed by atoms with Crippen molar-refractivity contribution in [2.75, 3.05) is 9.80 Å². The predicted octanol–water partition coefficient (Wildman–Crippen LogP) is 19.0. The monoisotopic (exact) mass is 910 g/mol. The molecule has 340 valence electrons. The molecule has 71 heavy (non-hydrogen) atoms. The Bertz CT molecular complexity index is 4030. The molecule has 14 rings (SSSR count). The van der Waals surface area contributed by atoms with E-state index in [1.165, 1.54) is 105 Å². The van der Waals surface area contributed by atoms with Crippen molar-refractivity contribution in [3.63, 3.8) is 0 Å². The van der Waals surface area contributed by atoms with Gasteiger partial charge in [0.15, 0.2) is 0 Å². The number of anilines is 6. The Hall–Kier alpha value is -8.20. The van der Waals surface area contributed by atoms with E-state index >= 15 is 0 Å². The van der Waals surface area contributed by atoms with Crippen LogP contribution in [0.1, 0.15) is 74.9 Å². The molecule has 2 heteroatoms. The van der Waals surface area contributed by atoms with E-state index < -0.39 is 0 Å². The molecule has 3 aliphatic carbocycles. The second-order valence-electron chi connectivity index (χ2n) is 21.7. The summed E-state index contributed by atoms with van der Waals surface area (Å²) in [4.78, 5) is 4.97. The van der Waals surface area contributed by atoms with Gasteiger partial charge in [-0.15, -0.1) is 0 Å². The van der Waals surface area contributed by atoms with E-state index in [9.17, 15) is 0 Å². The van der Waals surface area contributed by atoms with Gasteiger partial charge < -0.3 is 9.80 Å². The molecule has 0 unspecified atom stereocenters. The van der Waals surface area contributed by atoms with Gasteiger partial charge in [0.2, 0.25) is 0 Å². The molecule has 0 N–H and O–H groups in total. The third kappa shape index (κ3) is 5.82.